The number of nitrogens with zero attached hydrogens (tertiary/aromatic N) is 6. The molecule has 0 spiro atoms. The van der Waals surface area contributed by atoms with Crippen LogP contribution in [0, 0.1) is 6.92 Å². The molecule has 0 saturated carbocycles. The molecule has 1 saturated heterocycles. The van der Waals surface area contributed by atoms with Gasteiger partial charge in [-0.1, -0.05) is 23.4 Å². The number of benzene rings is 2. The summed E-state index contributed by atoms with van der Waals surface area (Å²) in [4.78, 5) is 33.6. The Morgan fingerprint density at radius 2 is 1.50 bits per heavy atom. The number of amides is 2. The highest BCUT2D eigenvalue weighted by atomic mass is 19.4. The summed E-state index contributed by atoms with van der Waals surface area (Å²) in [7, 11) is 0. The van der Waals surface area contributed by atoms with E-state index in [1.54, 1.807) is 30.0 Å². The zero-order chi connectivity index (χ0) is 33.1. The fourth-order valence-corrected chi connectivity index (χ4v) is 4.78. The Bertz CT molecular complexity index is 1660. The minimum absolute atomic E-state index is 0.0569. The Hall–Kier alpha value is -4.99. The van der Waals surface area contributed by atoms with Crippen LogP contribution in [0.4, 0.5) is 32.0 Å². The Morgan fingerprint density at radius 3 is 2.09 bits per heavy atom. The average Bonchev–Trinajstić information content (AvgIpc) is 3.37. The largest absolute Gasteiger partial charge is 0.573 e. The zero-order valence-electron chi connectivity index (χ0n) is 24.3. The second-order valence-electron chi connectivity index (χ2n) is 10.5. The van der Waals surface area contributed by atoms with Gasteiger partial charge in [0.15, 0.2) is 5.69 Å². The van der Waals surface area contributed by atoms with Crippen molar-refractivity contribution >= 4 is 17.5 Å². The molecule has 46 heavy (non-hydrogen) atoms. The van der Waals surface area contributed by atoms with Crippen LogP contribution in [0.1, 0.15) is 43.4 Å². The molecule has 1 aliphatic heterocycles. The zero-order valence-corrected chi connectivity index (χ0v) is 24.3. The molecule has 16 heteroatoms. The molecule has 2 aromatic carbocycles. The lowest BCUT2D eigenvalue weighted by molar-refractivity contribution is -0.274. The predicted octanol–water partition coefficient (Wildman–Crippen LogP) is 5.16. The van der Waals surface area contributed by atoms with Crippen LogP contribution in [0.3, 0.4) is 0 Å². The summed E-state index contributed by atoms with van der Waals surface area (Å²) < 4.78 is 80.8. The SMILES string of the molecule is Cc1c(C(=O)N2CCN(Cc3ccc(OC(F)(F)F)cc3)CC2)nnn1Cc1ccc(C(=O)Nc2ccc(C(F)(F)F)cc2)nc1. The van der Waals surface area contributed by atoms with Crippen LogP contribution < -0.4 is 10.1 Å². The Kier molecular flexibility index (Phi) is 9.27. The predicted molar refractivity (Wildman–Crippen MR) is 152 cm³/mol. The molecule has 0 aliphatic carbocycles. The van der Waals surface area contributed by atoms with Crippen LogP contribution in [0.5, 0.6) is 5.75 Å². The number of nitrogens with one attached hydrogen (secondary N) is 1. The maximum atomic E-state index is 13.2. The van der Waals surface area contributed by atoms with Crippen LogP contribution in [0.2, 0.25) is 0 Å². The average molecular weight is 648 g/mol. The lowest BCUT2D eigenvalue weighted by atomic mass is 10.2. The van der Waals surface area contributed by atoms with Gasteiger partial charge in [0.1, 0.15) is 11.4 Å². The number of piperazine rings is 1. The molecule has 2 aromatic heterocycles. The fourth-order valence-electron chi connectivity index (χ4n) is 4.78. The second kappa shape index (κ2) is 13.2. The number of hydrogen-bond acceptors (Lipinski definition) is 7. The van der Waals surface area contributed by atoms with E-state index in [1.807, 2.05) is 0 Å². The summed E-state index contributed by atoms with van der Waals surface area (Å²) in [6.45, 7) is 4.43. The van der Waals surface area contributed by atoms with Gasteiger partial charge in [0.25, 0.3) is 11.8 Å². The number of ether oxygens (including phenoxy) is 1. The van der Waals surface area contributed by atoms with E-state index in [-0.39, 0.29) is 35.3 Å². The molecule has 2 amide bonds. The number of aromatic nitrogens is 4. The standard InChI is InChI=1S/C30H27F6N7O3/c1-19-26(28(45)42-14-12-41(13-15-42)17-20-2-9-24(10-3-20)46-30(34,35)36)39-40-43(19)18-21-4-11-25(37-16-21)27(44)38-23-7-5-22(6-8-23)29(31,32)33/h2-11,16H,12-15,17-18H2,1H3,(H,38,44). The van der Waals surface area contributed by atoms with Gasteiger partial charge in [-0.2, -0.15) is 13.2 Å². The van der Waals surface area contributed by atoms with Crippen LogP contribution in [0.15, 0.2) is 66.9 Å². The van der Waals surface area contributed by atoms with Gasteiger partial charge in [0.05, 0.1) is 17.8 Å². The summed E-state index contributed by atoms with van der Waals surface area (Å²) in [5.74, 6) is -1.15. The highest BCUT2D eigenvalue weighted by Gasteiger charge is 2.32. The highest BCUT2D eigenvalue weighted by Crippen LogP contribution is 2.30. The molecule has 1 N–H and O–H groups in total. The number of rotatable bonds is 8. The Balaban J connectivity index is 1.12. The molecule has 1 aliphatic rings. The third-order valence-corrected chi connectivity index (χ3v) is 7.27. The monoisotopic (exact) mass is 647 g/mol. The van der Waals surface area contributed by atoms with Gasteiger partial charge >= 0.3 is 12.5 Å². The van der Waals surface area contributed by atoms with Gasteiger partial charge in [-0.05, 0) is 60.5 Å². The first-order valence-corrected chi connectivity index (χ1v) is 13.9. The number of hydrogen-bond donors (Lipinski definition) is 1. The summed E-state index contributed by atoms with van der Waals surface area (Å²) in [5.41, 5.74) is 1.65. The van der Waals surface area contributed by atoms with Gasteiger partial charge < -0.3 is 15.0 Å². The molecule has 5 rings (SSSR count). The van der Waals surface area contributed by atoms with Gasteiger partial charge in [-0.3, -0.25) is 19.5 Å². The van der Waals surface area contributed by atoms with Crippen LogP contribution in [0.25, 0.3) is 0 Å². The molecule has 0 unspecified atom stereocenters. The topological polar surface area (TPSA) is 105 Å². The second-order valence-corrected chi connectivity index (χ2v) is 10.5. The normalized spacial score (nSPS) is 14.3. The first kappa shape index (κ1) is 32.4. The summed E-state index contributed by atoms with van der Waals surface area (Å²) in [6, 6.07) is 12.9. The molecule has 3 heterocycles. The lowest BCUT2D eigenvalue weighted by Gasteiger charge is -2.34. The molecule has 4 aromatic rings. The van der Waals surface area contributed by atoms with Crippen molar-refractivity contribution in [1.29, 1.82) is 0 Å². The third-order valence-electron chi connectivity index (χ3n) is 7.27. The van der Waals surface area contributed by atoms with E-state index in [9.17, 15) is 35.9 Å². The highest BCUT2D eigenvalue weighted by molar-refractivity contribution is 6.02. The van der Waals surface area contributed by atoms with Crippen molar-refractivity contribution in [1.82, 2.24) is 29.8 Å². The van der Waals surface area contributed by atoms with E-state index in [1.165, 1.54) is 29.1 Å². The van der Waals surface area contributed by atoms with Gasteiger partial charge in [0.2, 0.25) is 0 Å². The van der Waals surface area contributed by atoms with Crippen molar-refractivity contribution in [2.24, 2.45) is 0 Å². The number of carbonyl (C=O) groups excluding carboxylic acids is 2. The van der Waals surface area contributed by atoms with Crippen LogP contribution in [-0.2, 0) is 19.3 Å². The molecule has 0 bridgehead atoms. The van der Waals surface area contributed by atoms with Gasteiger partial charge in [-0.15, -0.1) is 18.3 Å². The van der Waals surface area contributed by atoms with E-state index in [4.69, 9.17) is 0 Å². The maximum Gasteiger partial charge on any atom is 0.573 e. The van der Waals surface area contributed by atoms with E-state index in [0.29, 0.717) is 44.0 Å². The quantitative estimate of drug-likeness (QED) is 0.264. The minimum Gasteiger partial charge on any atom is -0.406 e. The Labute approximate surface area is 258 Å². The molecule has 0 atom stereocenters. The number of alkyl halides is 6. The van der Waals surface area contributed by atoms with Crippen molar-refractivity contribution < 1.29 is 40.7 Å². The van der Waals surface area contributed by atoms with Gasteiger partial charge in [-0.25, -0.2) is 4.68 Å². The smallest absolute Gasteiger partial charge is 0.406 e. The first-order chi connectivity index (χ1) is 21.7. The maximum absolute atomic E-state index is 13.2. The lowest BCUT2D eigenvalue weighted by Crippen LogP contribution is -2.48. The van der Waals surface area contributed by atoms with Crippen LogP contribution in [-0.4, -0.2) is 74.1 Å². The molecule has 10 nitrogen and oxygen atoms in total. The van der Waals surface area contributed by atoms with Crippen LogP contribution >= 0.6 is 0 Å². The molecular weight excluding hydrogens is 620 g/mol. The molecule has 1 fully saturated rings. The molecule has 242 valence electrons. The van der Waals surface area contributed by atoms with E-state index < -0.39 is 24.0 Å². The van der Waals surface area contributed by atoms with E-state index in [2.05, 4.69) is 30.2 Å². The number of halogens is 6. The van der Waals surface area contributed by atoms with Gasteiger partial charge in [0, 0.05) is 44.6 Å². The third kappa shape index (κ3) is 8.18. The molecule has 0 radical (unpaired) electrons. The van der Waals surface area contributed by atoms with Crippen molar-refractivity contribution in [3.8, 4) is 5.75 Å². The van der Waals surface area contributed by atoms with Crippen molar-refractivity contribution in [2.75, 3.05) is 31.5 Å². The van der Waals surface area contributed by atoms with E-state index in [0.717, 1.165) is 29.8 Å². The summed E-state index contributed by atoms with van der Waals surface area (Å²) >= 11 is 0. The number of anilines is 1. The molecular formula is C30H27F6N7O3. The Morgan fingerprint density at radius 1 is 0.848 bits per heavy atom. The fraction of sp³-hybridized carbons (Fsp3) is 0.300. The van der Waals surface area contributed by atoms with E-state index >= 15 is 0 Å². The summed E-state index contributed by atoms with van der Waals surface area (Å²) in [5, 5.41) is 10.7. The van der Waals surface area contributed by atoms with Crippen molar-refractivity contribution in [3.05, 3.63) is 101 Å². The summed E-state index contributed by atoms with van der Waals surface area (Å²) in [6.07, 6.45) is -7.77. The minimum atomic E-state index is -4.75. The van der Waals surface area contributed by atoms with Crippen molar-refractivity contribution in [2.45, 2.75) is 32.6 Å². The van der Waals surface area contributed by atoms with Crippen molar-refractivity contribution in [3.63, 3.8) is 0 Å². The number of carbonyl (C=O) groups is 2. The number of pyridine rings is 1. The first-order valence-electron chi connectivity index (χ1n) is 13.9.